The number of amides is 1. The predicted molar refractivity (Wildman–Crippen MR) is 94.5 cm³/mol. The molecule has 2 N–H and O–H groups in total. The number of halogens is 4. The van der Waals surface area contributed by atoms with Gasteiger partial charge in [-0.05, 0) is 37.3 Å². The Morgan fingerprint density at radius 1 is 1.21 bits per heavy atom. The van der Waals surface area contributed by atoms with E-state index in [2.05, 4.69) is 10.4 Å². The lowest BCUT2D eigenvalue weighted by Crippen LogP contribution is -2.30. The monoisotopic (exact) mass is 396 g/mol. The highest BCUT2D eigenvalue weighted by Gasteiger charge is 2.38. The van der Waals surface area contributed by atoms with Crippen molar-refractivity contribution in [2.45, 2.75) is 19.0 Å². The van der Waals surface area contributed by atoms with Crippen molar-refractivity contribution >= 4 is 28.5 Å². The SMILES string of the molecule is CNCC(=O)c1c(C2=CC=C(F)CC2)nn2cc(NC(=O)C(F)(F)F)ccc12. The quantitative estimate of drug-likeness (QED) is 0.601. The van der Waals surface area contributed by atoms with Crippen molar-refractivity contribution in [3.8, 4) is 0 Å². The maximum atomic E-state index is 13.3. The van der Waals surface area contributed by atoms with Crippen molar-refractivity contribution in [3.05, 3.63) is 47.6 Å². The molecule has 3 rings (SSSR count). The number of carbonyl (C=O) groups excluding carboxylic acids is 2. The molecule has 0 unspecified atom stereocenters. The number of nitrogens with zero attached hydrogens (tertiary/aromatic N) is 2. The molecule has 1 aliphatic rings. The summed E-state index contributed by atoms with van der Waals surface area (Å²) >= 11 is 0. The van der Waals surface area contributed by atoms with E-state index in [-0.39, 0.29) is 35.8 Å². The molecule has 148 valence electrons. The molecule has 0 saturated heterocycles. The van der Waals surface area contributed by atoms with E-state index >= 15 is 0 Å². The van der Waals surface area contributed by atoms with Crippen molar-refractivity contribution in [1.29, 1.82) is 0 Å². The van der Waals surface area contributed by atoms with Crippen molar-refractivity contribution in [2.24, 2.45) is 0 Å². The van der Waals surface area contributed by atoms with Crippen LogP contribution in [0.5, 0.6) is 0 Å². The highest BCUT2D eigenvalue weighted by molar-refractivity contribution is 6.07. The average Bonchev–Trinajstić information content (AvgIpc) is 3.00. The van der Waals surface area contributed by atoms with E-state index in [1.165, 1.54) is 35.0 Å². The highest BCUT2D eigenvalue weighted by atomic mass is 19.4. The van der Waals surface area contributed by atoms with E-state index in [1.54, 1.807) is 12.4 Å². The minimum atomic E-state index is -5.03. The summed E-state index contributed by atoms with van der Waals surface area (Å²) in [6, 6.07) is 2.67. The summed E-state index contributed by atoms with van der Waals surface area (Å²) in [4.78, 5) is 23.7. The third-order valence-corrected chi connectivity index (χ3v) is 4.16. The predicted octanol–water partition coefficient (Wildman–Crippen LogP) is 3.27. The Kier molecular flexibility index (Phi) is 5.32. The molecule has 0 fully saturated rings. The first-order chi connectivity index (χ1) is 13.2. The van der Waals surface area contributed by atoms with Gasteiger partial charge in [0.15, 0.2) is 5.78 Å². The van der Waals surface area contributed by atoms with Crippen LogP contribution in [0, 0.1) is 0 Å². The molecular formula is C18H16F4N4O2. The summed E-state index contributed by atoms with van der Waals surface area (Å²) in [6.07, 6.45) is -0.497. The Morgan fingerprint density at radius 3 is 2.57 bits per heavy atom. The number of likely N-dealkylation sites (N-methyl/N-ethyl adjacent to an activating group) is 1. The molecule has 0 aliphatic heterocycles. The Hall–Kier alpha value is -3.01. The lowest BCUT2D eigenvalue weighted by molar-refractivity contribution is -0.167. The van der Waals surface area contributed by atoms with Gasteiger partial charge in [0, 0.05) is 6.42 Å². The van der Waals surface area contributed by atoms with E-state index < -0.39 is 12.1 Å². The molecular weight excluding hydrogens is 380 g/mol. The van der Waals surface area contributed by atoms with Crippen LogP contribution in [0.25, 0.3) is 11.1 Å². The van der Waals surface area contributed by atoms with Crippen molar-refractivity contribution in [1.82, 2.24) is 14.9 Å². The van der Waals surface area contributed by atoms with E-state index in [0.29, 0.717) is 23.2 Å². The summed E-state index contributed by atoms with van der Waals surface area (Å²) in [5, 5.41) is 8.81. The minimum absolute atomic E-state index is 0.0262. The maximum absolute atomic E-state index is 13.3. The zero-order valence-electron chi connectivity index (χ0n) is 14.7. The number of Topliss-reactive ketones (excluding diaryl/α,β-unsaturated/α-hetero) is 1. The molecule has 0 radical (unpaired) electrons. The smallest absolute Gasteiger partial charge is 0.317 e. The van der Waals surface area contributed by atoms with Crippen LogP contribution in [0.15, 0.2) is 36.3 Å². The number of ketones is 1. The Morgan fingerprint density at radius 2 is 1.96 bits per heavy atom. The summed E-state index contributed by atoms with van der Waals surface area (Å²) in [6.45, 7) is 0.0262. The summed E-state index contributed by atoms with van der Waals surface area (Å²) in [7, 11) is 1.60. The molecule has 10 heteroatoms. The number of nitrogens with one attached hydrogen (secondary N) is 2. The Labute approximate surface area is 156 Å². The van der Waals surface area contributed by atoms with Gasteiger partial charge in [0.05, 0.1) is 29.5 Å². The highest BCUT2D eigenvalue weighted by Crippen LogP contribution is 2.31. The standard InChI is InChI=1S/C18H16F4N4O2/c1-23-8-14(27)15-13-7-6-12(24-17(28)18(20,21)22)9-26(13)25-16(15)10-2-4-11(19)5-3-10/h2,4,6-7,9,23H,3,5,8H2,1H3,(H,24,28). The first-order valence-corrected chi connectivity index (χ1v) is 8.34. The van der Waals surface area contributed by atoms with Crippen LogP contribution in [-0.2, 0) is 4.79 Å². The van der Waals surface area contributed by atoms with Crippen LogP contribution in [0.1, 0.15) is 28.9 Å². The number of hydrogen-bond acceptors (Lipinski definition) is 4. The molecule has 2 aromatic heterocycles. The number of fused-ring (bicyclic) bond motifs is 1. The number of rotatable bonds is 5. The fraction of sp³-hybridized carbons (Fsp3) is 0.278. The van der Waals surface area contributed by atoms with Gasteiger partial charge in [0.1, 0.15) is 11.5 Å². The van der Waals surface area contributed by atoms with E-state index in [4.69, 9.17) is 0 Å². The molecule has 1 aliphatic carbocycles. The van der Waals surface area contributed by atoms with Crippen molar-refractivity contribution < 1.29 is 27.2 Å². The topological polar surface area (TPSA) is 75.5 Å². The van der Waals surface area contributed by atoms with Gasteiger partial charge in [-0.15, -0.1) is 0 Å². The van der Waals surface area contributed by atoms with Crippen LogP contribution in [0.2, 0.25) is 0 Å². The van der Waals surface area contributed by atoms with Crippen molar-refractivity contribution in [2.75, 3.05) is 18.9 Å². The summed E-state index contributed by atoms with van der Waals surface area (Å²) < 4.78 is 51.9. The van der Waals surface area contributed by atoms with Gasteiger partial charge in [0.2, 0.25) is 0 Å². The van der Waals surface area contributed by atoms with Crippen LogP contribution in [0.4, 0.5) is 23.2 Å². The fourth-order valence-corrected chi connectivity index (χ4v) is 2.88. The van der Waals surface area contributed by atoms with Gasteiger partial charge in [0.25, 0.3) is 0 Å². The summed E-state index contributed by atoms with van der Waals surface area (Å²) in [5.41, 5.74) is 1.51. The van der Waals surface area contributed by atoms with Gasteiger partial charge >= 0.3 is 12.1 Å². The first-order valence-electron chi connectivity index (χ1n) is 8.34. The largest absolute Gasteiger partial charge is 0.471 e. The molecule has 0 saturated carbocycles. The van der Waals surface area contributed by atoms with E-state index in [1.807, 2.05) is 0 Å². The Balaban J connectivity index is 2.08. The molecule has 0 aromatic carbocycles. The van der Waals surface area contributed by atoms with E-state index in [9.17, 15) is 27.2 Å². The zero-order valence-corrected chi connectivity index (χ0v) is 14.7. The van der Waals surface area contributed by atoms with Gasteiger partial charge < -0.3 is 10.6 Å². The normalized spacial score (nSPS) is 14.6. The zero-order chi connectivity index (χ0) is 20.5. The molecule has 2 aromatic rings. The third-order valence-electron chi connectivity index (χ3n) is 4.16. The molecule has 28 heavy (non-hydrogen) atoms. The molecule has 2 heterocycles. The fourth-order valence-electron chi connectivity index (χ4n) is 2.88. The number of allylic oxidation sites excluding steroid dienone is 4. The maximum Gasteiger partial charge on any atom is 0.471 e. The first kappa shape index (κ1) is 19.7. The van der Waals surface area contributed by atoms with Crippen LogP contribution >= 0.6 is 0 Å². The lowest BCUT2D eigenvalue weighted by Gasteiger charge is -2.09. The Bertz CT molecular complexity index is 1000. The number of hydrogen-bond donors (Lipinski definition) is 2. The number of pyridine rings is 1. The van der Waals surface area contributed by atoms with Gasteiger partial charge in [-0.1, -0.05) is 6.08 Å². The minimum Gasteiger partial charge on any atom is -0.317 e. The van der Waals surface area contributed by atoms with Gasteiger partial charge in [-0.3, -0.25) is 9.59 Å². The number of alkyl halides is 3. The molecule has 0 spiro atoms. The third kappa shape index (κ3) is 3.96. The number of carbonyl (C=O) groups is 2. The average molecular weight is 396 g/mol. The summed E-state index contributed by atoms with van der Waals surface area (Å²) in [5.74, 6) is -2.66. The van der Waals surface area contributed by atoms with Gasteiger partial charge in [-0.25, -0.2) is 8.91 Å². The number of anilines is 1. The van der Waals surface area contributed by atoms with Crippen LogP contribution < -0.4 is 10.6 Å². The molecule has 0 bridgehead atoms. The van der Waals surface area contributed by atoms with Crippen molar-refractivity contribution in [3.63, 3.8) is 0 Å². The lowest BCUT2D eigenvalue weighted by atomic mass is 9.96. The second-order valence-corrected chi connectivity index (χ2v) is 6.18. The van der Waals surface area contributed by atoms with Crippen LogP contribution in [0.3, 0.4) is 0 Å². The number of aromatic nitrogens is 2. The van der Waals surface area contributed by atoms with E-state index in [0.717, 1.165) is 0 Å². The molecule has 6 nitrogen and oxygen atoms in total. The van der Waals surface area contributed by atoms with Crippen LogP contribution in [-0.4, -0.2) is 41.1 Å². The second kappa shape index (κ2) is 7.55. The van der Waals surface area contributed by atoms with Gasteiger partial charge in [-0.2, -0.15) is 18.3 Å². The second-order valence-electron chi connectivity index (χ2n) is 6.18. The molecule has 1 amide bonds. The molecule has 0 atom stereocenters.